The topological polar surface area (TPSA) is 69.4 Å². The minimum absolute atomic E-state index is 0.0365. The van der Waals surface area contributed by atoms with Crippen molar-refractivity contribution in [3.8, 4) is 0 Å². The average Bonchev–Trinajstić information content (AvgIpc) is 2.26. The maximum atomic E-state index is 13.3. The third kappa shape index (κ3) is 3.20. The number of hydrogen-bond acceptors (Lipinski definition) is 5. The van der Waals surface area contributed by atoms with Gasteiger partial charge in [-0.15, -0.1) is 11.8 Å². The molecule has 1 rings (SSSR count). The van der Waals surface area contributed by atoms with E-state index in [0.717, 1.165) is 17.8 Å². The third-order valence-electron chi connectivity index (χ3n) is 1.70. The lowest BCUT2D eigenvalue weighted by molar-refractivity contribution is -0.385. The minimum atomic E-state index is -0.719. The third-order valence-corrected chi connectivity index (χ3v) is 2.72. The lowest BCUT2D eigenvalue weighted by Gasteiger charge is -2.01. The van der Waals surface area contributed by atoms with E-state index < -0.39 is 16.7 Å². The predicted molar refractivity (Wildman–Crippen MR) is 55.8 cm³/mol. The van der Waals surface area contributed by atoms with Crippen LogP contribution in [0.15, 0.2) is 23.1 Å². The maximum absolute atomic E-state index is 13.3. The van der Waals surface area contributed by atoms with Gasteiger partial charge in [-0.2, -0.15) is 0 Å². The molecular formula is C9H8FNO4S. The first-order valence-corrected chi connectivity index (χ1v) is 5.16. The molecule has 0 aliphatic heterocycles. The zero-order valence-electron chi connectivity index (χ0n) is 8.31. The van der Waals surface area contributed by atoms with Gasteiger partial charge in [0.25, 0.3) is 5.69 Å². The Hall–Kier alpha value is -1.63. The number of nitro groups is 1. The van der Waals surface area contributed by atoms with E-state index in [9.17, 15) is 19.3 Å². The number of ether oxygens (including phenoxy) is 1. The Morgan fingerprint density at radius 1 is 1.62 bits per heavy atom. The van der Waals surface area contributed by atoms with Gasteiger partial charge in [-0.3, -0.25) is 14.9 Å². The van der Waals surface area contributed by atoms with Crippen LogP contribution in [0.3, 0.4) is 0 Å². The van der Waals surface area contributed by atoms with E-state index in [0.29, 0.717) is 0 Å². The largest absolute Gasteiger partial charge is 0.468 e. The van der Waals surface area contributed by atoms with E-state index in [1.54, 1.807) is 0 Å². The maximum Gasteiger partial charge on any atom is 0.315 e. The molecule has 0 aliphatic rings. The Balaban J connectivity index is 2.75. The molecule has 86 valence electrons. The fraction of sp³-hybridized carbons (Fsp3) is 0.222. The summed E-state index contributed by atoms with van der Waals surface area (Å²) in [5.74, 6) is -1.24. The van der Waals surface area contributed by atoms with Gasteiger partial charge < -0.3 is 4.74 Å². The van der Waals surface area contributed by atoms with Crippen LogP contribution in [0.4, 0.5) is 10.1 Å². The molecule has 0 spiro atoms. The summed E-state index contributed by atoms with van der Waals surface area (Å²) < 4.78 is 17.7. The van der Waals surface area contributed by atoms with Gasteiger partial charge in [0.15, 0.2) is 0 Å². The monoisotopic (exact) mass is 245 g/mol. The lowest BCUT2D eigenvalue weighted by atomic mass is 10.3. The molecule has 1 aromatic carbocycles. The van der Waals surface area contributed by atoms with Crippen LogP contribution in [0, 0.1) is 15.9 Å². The molecule has 0 radical (unpaired) electrons. The summed E-state index contributed by atoms with van der Waals surface area (Å²) >= 11 is 0.928. The molecule has 0 N–H and O–H groups in total. The van der Waals surface area contributed by atoms with Crippen LogP contribution in [0.5, 0.6) is 0 Å². The van der Waals surface area contributed by atoms with Crippen LogP contribution in [-0.4, -0.2) is 23.8 Å². The Morgan fingerprint density at radius 2 is 2.31 bits per heavy atom. The minimum Gasteiger partial charge on any atom is -0.468 e. The molecule has 0 bridgehead atoms. The highest BCUT2D eigenvalue weighted by molar-refractivity contribution is 8.00. The molecule has 0 saturated carbocycles. The van der Waals surface area contributed by atoms with Crippen molar-refractivity contribution in [2.24, 2.45) is 0 Å². The van der Waals surface area contributed by atoms with Gasteiger partial charge >= 0.3 is 5.97 Å². The summed E-state index contributed by atoms with van der Waals surface area (Å²) in [5.41, 5.74) is -0.320. The first-order chi connectivity index (χ1) is 7.54. The molecule has 0 aliphatic carbocycles. The second kappa shape index (κ2) is 5.45. The quantitative estimate of drug-likeness (QED) is 0.351. The van der Waals surface area contributed by atoms with Gasteiger partial charge in [-0.1, -0.05) is 0 Å². The summed E-state index contributed by atoms with van der Waals surface area (Å²) in [6, 6.07) is 3.27. The number of hydrogen-bond donors (Lipinski definition) is 0. The normalized spacial score (nSPS) is 9.88. The van der Waals surface area contributed by atoms with Crippen molar-refractivity contribution >= 4 is 23.4 Å². The van der Waals surface area contributed by atoms with Crippen molar-refractivity contribution in [1.82, 2.24) is 0 Å². The standard InChI is InChI=1S/C9H8FNO4S/c1-15-9(12)5-16-8-3-2-6(11(13)14)4-7(8)10/h2-4H,5H2,1H3. The zero-order valence-corrected chi connectivity index (χ0v) is 9.12. The highest BCUT2D eigenvalue weighted by Crippen LogP contribution is 2.25. The van der Waals surface area contributed by atoms with Crippen molar-refractivity contribution < 1.29 is 18.8 Å². The van der Waals surface area contributed by atoms with Crippen molar-refractivity contribution in [1.29, 1.82) is 0 Å². The van der Waals surface area contributed by atoms with Crippen LogP contribution < -0.4 is 0 Å². The Morgan fingerprint density at radius 3 is 2.81 bits per heavy atom. The molecular weight excluding hydrogens is 237 g/mol. The summed E-state index contributed by atoms with van der Waals surface area (Å²) in [4.78, 5) is 20.6. The van der Waals surface area contributed by atoms with Gasteiger partial charge in [0.2, 0.25) is 0 Å². The SMILES string of the molecule is COC(=O)CSc1ccc([N+](=O)[O-])cc1F. The Kier molecular flexibility index (Phi) is 4.24. The second-order valence-corrected chi connectivity index (χ2v) is 3.75. The lowest BCUT2D eigenvalue weighted by Crippen LogP contribution is -2.03. The highest BCUT2D eigenvalue weighted by atomic mass is 32.2. The van der Waals surface area contributed by atoms with Gasteiger partial charge in [0.05, 0.1) is 23.9 Å². The van der Waals surface area contributed by atoms with Gasteiger partial charge in [0.1, 0.15) is 5.82 Å². The number of nitrogens with zero attached hydrogens (tertiary/aromatic N) is 1. The number of nitro benzene ring substituents is 1. The second-order valence-electron chi connectivity index (χ2n) is 2.74. The Labute approximate surface area is 94.7 Å². The molecule has 1 aromatic rings. The van der Waals surface area contributed by atoms with Crippen molar-refractivity contribution in [3.63, 3.8) is 0 Å². The molecule has 16 heavy (non-hydrogen) atoms. The zero-order chi connectivity index (χ0) is 12.1. The summed E-state index contributed by atoms with van der Waals surface area (Å²) in [6.45, 7) is 0. The number of non-ortho nitro benzene ring substituents is 1. The fourth-order valence-electron chi connectivity index (χ4n) is 0.916. The summed E-state index contributed by atoms with van der Waals surface area (Å²) in [5, 5.41) is 10.3. The van der Waals surface area contributed by atoms with Crippen molar-refractivity contribution in [2.75, 3.05) is 12.9 Å². The first-order valence-electron chi connectivity index (χ1n) is 4.18. The average molecular weight is 245 g/mol. The molecule has 0 fully saturated rings. The van der Waals surface area contributed by atoms with Crippen LogP contribution in [0.1, 0.15) is 0 Å². The highest BCUT2D eigenvalue weighted by Gasteiger charge is 2.12. The van der Waals surface area contributed by atoms with E-state index in [-0.39, 0.29) is 16.3 Å². The number of methoxy groups -OCH3 is 1. The number of esters is 1. The van der Waals surface area contributed by atoms with Crippen molar-refractivity contribution in [3.05, 3.63) is 34.1 Å². The van der Waals surface area contributed by atoms with Gasteiger partial charge in [-0.25, -0.2) is 4.39 Å². The number of benzene rings is 1. The number of carbonyl (C=O) groups is 1. The molecule has 7 heteroatoms. The summed E-state index contributed by atoms with van der Waals surface area (Å²) in [6.07, 6.45) is 0. The van der Waals surface area contributed by atoms with Gasteiger partial charge in [-0.05, 0) is 6.07 Å². The molecule has 5 nitrogen and oxygen atoms in total. The van der Waals surface area contributed by atoms with E-state index in [1.807, 2.05) is 0 Å². The van der Waals surface area contributed by atoms with Crippen molar-refractivity contribution in [2.45, 2.75) is 4.90 Å². The number of halogens is 1. The molecule has 0 unspecified atom stereocenters. The predicted octanol–water partition coefficient (Wildman–Crippen LogP) is 2.00. The first kappa shape index (κ1) is 12.4. The smallest absolute Gasteiger partial charge is 0.315 e. The number of carbonyl (C=O) groups excluding carboxylic acids is 1. The van der Waals surface area contributed by atoms with E-state index in [4.69, 9.17) is 0 Å². The van der Waals surface area contributed by atoms with Crippen LogP contribution in [0.25, 0.3) is 0 Å². The van der Waals surface area contributed by atoms with Gasteiger partial charge in [0, 0.05) is 11.0 Å². The number of thioether (sulfide) groups is 1. The molecule has 0 atom stereocenters. The van der Waals surface area contributed by atoms with E-state index in [1.165, 1.54) is 19.2 Å². The number of rotatable bonds is 4. The Bertz CT molecular complexity index is 424. The van der Waals surface area contributed by atoms with Crippen LogP contribution in [0.2, 0.25) is 0 Å². The molecule has 0 heterocycles. The summed E-state index contributed by atoms with van der Waals surface area (Å²) in [7, 11) is 1.23. The molecule has 0 amide bonds. The van der Waals surface area contributed by atoms with E-state index in [2.05, 4.69) is 4.74 Å². The van der Waals surface area contributed by atoms with Crippen LogP contribution in [-0.2, 0) is 9.53 Å². The fourth-order valence-corrected chi connectivity index (χ4v) is 1.67. The molecule has 0 saturated heterocycles. The van der Waals surface area contributed by atoms with E-state index >= 15 is 0 Å². The molecule has 0 aromatic heterocycles. The van der Waals surface area contributed by atoms with Crippen LogP contribution >= 0.6 is 11.8 Å².